The van der Waals surface area contributed by atoms with E-state index in [0.29, 0.717) is 12.1 Å². The molecule has 0 aliphatic heterocycles. The Morgan fingerprint density at radius 2 is 1.67 bits per heavy atom. The summed E-state index contributed by atoms with van der Waals surface area (Å²) >= 11 is 0. The van der Waals surface area contributed by atoms with Gasteiger partial charge in [-0.15, -0.1) is 0 Å². The molecule has 0 aliphatic carbocycles. The number of hydrogen-bond acceptors (Lipinski definition) is 2. The van der Waals surface area contributed by atoms with Gasteiger partial charge in [0.25, 0.3) is 0 Å². The molecule has 0 saturated carbocycles. The summed E-state index contributed by atoms with van der Waals surface area (Å²) in [6, 6.07) is 15.5. The summed E-state index contributed by atoms with van der Waals surface area (Å²) in [5, 5.41) is 0. The normalized spacial score (nSPS) is 10.3. The van der Waals surface area contributed by atoms with Gasteiger partial charge in [-0.2, -0.15) is 0 Å². The first-order valence-electron chi connectivity index (χ1n) is 5.90. The largest absolute Gasteiger partial charge is 0.366 e. The van der Waals surface area contributed by atoms with E-state index in [9.17, 15) is 4.79 Å². The summed E-state index contributed by atoms with van der Waals surface area (Å²) in [6.45, 7) is 0.630. The van der Waals surface area contributed by atoms with Gasteiger partial charge in [0.2, 0.25) is 5.91 Å². The molecule has 92 valence electrons. The van der Waals surface area contributed by atoms with Gasteiger partial charge in [-0.05, 0) is 41.8 Å². The Balaban J connectivity index is 2.38. The molecule has 0 saturated heterocycles. The Kier molecular flexibility index (Phi) is 3.75. The van der Waals surface area contributed by atoms with Crippen LogP contribution >= 0.6 is 0 Å². The minimum atomic E-state index is -0.407. The van der Waals surface area contributed by atoms with Crippen LogP contribution in [0.2, 0.25) is 0 Å². The second-order valence-electron chi connectivity index (χ2n) is 4.18. The first-order valence-corrected chi connectivity index (χ1v) is 5.90. The summed E-state index contributed by atoms with van der Waals surface area (Å²) < 4.78 is 0. The van der Waals surface area contributed by atoms with E-state index in [4.69, 9.17) is 11.5 Å². The third-order valence-corrected chi connectivity index (χ3v) is 2.84. The van der Waals surface area contributed by atoms with Crippen LogP contribution in [0.25, 0.3) is 11.1 Å². The second kappa shape index (κ2) is 5.47. The maximum absolute atomic E-state index is 11.2. The molecule has 18 heavy (non-hydrogen) atoms. The van der Waals surface area contributed by atoms with Crippen LogP contribution in [0.1, 0.15) is 15.9 Å². The van der Waals surface area contributed by atoms with Crippen LogP contribution in [0.3, 0.4) is 0 Å². The fourth-order valence-corrected chi connectivity index (χ4v) is 1.93. The van der Waals surface area contributed by atoms with Crippen molar-refractivity contribution in [3.05, 3.63) is 59.7 Å². The van der Waals surface area contributed by atoms with Gasteiger partial charge in [0.15, 0.2) is 0 Å². The van der Waals surface area contributed by atoms with Crippen molar-refractivity contribution in [1.82, 2.24) is 0 Å². The van der Waals surface area contributed by atoms with E-state index in [1.165, 1.54) is 5.56 Å². The maximum Gasteiger partial charge on any atom is 0.248 e. The monoisotopic (exact) mass is 240 g/mol. The zero-order valence-corrected chi connectivity index (χ0v) is 10.1. The quantitative estimate of drug-likeness (QED) is 0.857. The van der Waals surface area contributed by atoms with E-state index in [1.807, 2.05) is 36.4 Å². The van der Waals surface area contributed by atoms with Crippen molar-refractivity contribution >= 4 is 5.91 Å². The Labute approximate surface area is 106 Å². The average Bonchev–Trinajstić information content (AvgIpc) is 2.39. The summed E-state index contributed by atoms with van der Waals surface area (Å²) in [5.74, 6) is -0.407. The van der Waals surface area contributed by atoms with Crippen LogP contribution in [0.4, 0.5) is 0 Å². The van der Waals surface area contributed by atoms with E-state index >= 15 is 0 Å². The van der Waals surface area contributed by atoms with Gasteiger partial charge in [0.05, 0.1) is 0 Å². The highest BCUT2D eigenvalue weighted by Crippen LogP contribution is 2.21. The molecule has 0 heterocycles. The molecule has 0 atom stereocenters. The molecule has 1 amide bonds. The number of carbonyl (C=O) groups is 1. The van der Waals surface area contributed by atoms with Gasteiger partial charge < -0.3 is 11.5 Å². The number of primary amides is 1. The van der Waals surface area contributed by atoms with Crippen molar-refractivity contribution in [3.8, 4) is 11.1 Å². The minimum Gasteiger partial charge on any atom is -0.366 e. The van der Waals surface area contributed by atoms with Crippen LogP contribution in [-0.4, -0.2) is 12.5 Å². The smallest absolute Gasteiger partial charge is 0.248 e. The molecule has 4 N–H and O–H groups in total. The van der Waals surface area contributed by atoms with E-state index in [1.54, 1.807) is 6.07 Å². The van der Waals surface area contributed by atoms with E-state index < -0.39 is 5.91 Å². The molecule has 2 rings (SSSR count). The van der Waals surface area contributed by atoms with Gasteiger partial charge in [-0.1, -0.05) is 36.4 Å². The van der Waals surface area contributed by atoms with Crippen LogP contribution in [0.15, 0.2) is 48.5 Å². The summed E-state index contributed by atoms with van der Waals surface area (Å²) in [6.07, 6.45) is 0.851. The predicted octanol–water partition coefficient (Wildman–Crippen LogP) is 1.95. The first-order chi connectivity index (χ1) is 8.70. The van der Waals surface area contributed by atoms with Crippen molar-refractivity contribution in [3.63, 3.8) is 0 Å². The van der Waals surface area contributed by atoms with E-state index in [0.717, 1.165) is 17.5 Å². The molecule has 0 bridgehead atoms. The predicted molar refractivity (Wildman–Crippen MR) is 73.2 cm³/mol. The van der Waals surface area contributed by atoms with Crippen molar-refractivity contribution < 1.29 is 4.79 Å². The zero-order valence-electron chi connectivity index (χ0n) is 10.1. The third-order valence-electron chi connectivity index (χ3n) is 2.84. The van der Waals surface area contributed by atoms with Crippen molar-refractivity contribution in [2.75, 3.05) is 6.54 Å². The molecule has 2 aromatic rings. The molecule has 3 heteroatoms. The summed E-state index contributed by atoms with van der Waals surface area (Å²) in [4.78, 5) is 11.2. The Morgan fingerprint density at radius 1 is 1.00 bits per heavy atom. The fraction of sp³-hybridized carbons (Fsp3) is 0.133. The first kappa shape index (κ1) is 12.3. The number of carbonyl (C=O) groups excluding carboxylic acids is 1. The molecule has 0 unspecified atom stereocenters. The van der Waals surface area contributed by atoms with Gasteiger partial charge in [-0.3, -0.25) is 4.79 Å². The number of hydrogen-bond donors (Lipinski definition) is 2. The Hall–Kier alpha value is -2.13. The highest BCUT2D eigenvalue weighted by Gasteiger charge is 2.03. The molecule has 0 radical (unpaired) electrons. The molecular formula is C15H16N2O. The molecule has 0 spiro atoms. The molecular weight excluding hydrogens is 224 g/mol. The van der Waals surface area contributed by atoms with Crippen molar-refractivity contribution in [2.24, 2.45) is 11.5 Å². The molecule has 0 aliphatic rings. The molecule has 0 aromatic heterocycles. The van der Waals surface area contributed by atoms with Crippen molar-refractivity contribution in [1.29, 1.82) is 0 Å². The van der Waals surface area contributed by atoms with E-state index in [2.05, 4.69) is 6.07 Å². The number of amides is 1. The fourth-order valence-electron chi connectivity index (χ4n) is 1.93. The standard InChI is InChI=1S/C15H16N2O/c16-8-7-11-3-1-4-12(9-11)13-5-2-6-14(10-13)15(17)18/h1-6,9-10H,7-8,16H2,(H2,17,18). The lowest BCUT2D eigenvalue weighted by atomic mass is 10.00. The van der Waals surface area contributed by atoms with Crippen LogP contribution < -0.4 is 11.5 Å². The number of benzene rings is 2. The zero-order chi connectivity index (χ0) is 13.0. The Morgan fingerprint density at radius 3 is 2.33 bits per heavy atom. The molecule has 0 fully saturated rings. The van der Waals surface area contributed by atoms with Gasteiger partial charge in [-0.25, -0.2) is 0 Å². The number of nitrogens with two attached hydrogens (primary N) is 2. The lowest BCUT2D eigenvalue weighted by Crippen LogP contribution is -2.10. The second-order valence-corrected chi connectivity index (χ2v) is 4.18. The summed E-state index contributed by atoms with van der Waals surface area (Å²) in [5.41, 5.74) is 14.6. The number of rotatable bonds is 4. The van der Waals surface area contributed by atoms with E-state index in [-0.39, 0.29) is 0 Å². The third kappa shape index (κ3) is 2.76. The highest BCUT2D eigenvalue weighted by molar-refractivity contribution is 5.94. The lowest BCUT2D eigenvalue weighted by molar-refractivity contribution is 0.100. The van der Waals surface area contributed by atoms with Crippen LogP contribution in [0, 0.1) is 0 Å². The van der Waals surface area contributed by atoms with Crippen LogP contribution in [0.5, 0.6) is 0 Å². The molecule has 2 aromatic carbocycles. The van der Waals surface area contributed by atoms with Gasteiger partial charge >= 0.3 is 0 Å². The van der Waals surface area contributed by atoms with Gasteiger partial charge in [0, 0.05) is 5.56 Å². The van der Waals surface area contributed by atoms with Crippen molar-refractivity contribution in [2.45, 2.75) is 6.42 Å². The van der Waals surface area contributed by atoms with Crippen LogP contribution in [-0.2, 0) is 6.42 Å². The highest BCUT2D eigenvalue weighted by atomic mass is 16.1. The Bertz CT molecular complexity index is 564. The lowest BCUT2D eigenvalue weighted by Gasteiger charge is -2.06. The minimum absolute atomic E-state index is 0.407. The molecule has 3 nitrogen and oxygen atoms in total. The average molecular weight is 240 g/mol. The maximum atomic E-state index is 11.2. The van der Waals surface area contributed by atoms with Gasteiger partial charge in [0.1, 0.15) is 0 Å². The SMILES string of the molecule is NCCc1cccc(-c2cccc(C(N)=O)c2)c1. The topological polar surface area (TPSA) is 69.1 Å². The summed E-state index contributed by atoms with van der Waals surface area (Å²) in [7, 11) is 0.